The van der Waals surface area contributed by atoms with Gasteiger partial charge in [-0.05, 0) is 42.0 Å². The van der Waals surface area contributed by atoms with Crippen molar-refractivity contribution in [3.8, 4) is 0 Å². The van der Waals surface area contributed by atoms with Crippen molar-refractivity contribution in [2.75, 3.05) is 5.32 Å². The van der Waals surface area contributed by atoms with Crippen LogP contribution in [0.1, 0.15) is 11.1 Å². The summed E-state index contributed by atoms with van der Waals surface area (Å²) in [7, 11) is 0. The highest BCUT2D eigenvalue weighted by Gasteiger charge is 2.29. The molecule has 0 amide bonds. The zero-order valence-corrected chi connectivity index (χ0v) is 12.1. The van der Waals surface area contributed by atoms with Crippen LogP contribution in [-0.2, 0) is 17.4 Å². The number of rotatable bonds is 4. The molecule has 1 heterocycles. The Morgan fingerprint density at radius 3 is 2.50 bits per heavy atom. The molecule has 0 spiro atoms. The molecule has 2 N–H and O–H groups in total. The minimum absolute atomic E-state index is 0.109. The number of benzene rings is 2. The van der Waals surface area contributed by atoms with Gasteiger partial charge in [-0.25, -0.2) is 0 Å². The summed E-state index contributed by atoms with van der Waals surface area (Å²) in [6.45, 7) is 0. The Bertz CT molecular complexity index is 886. The van der Waals surface area contributed by atoms with E-state index in [1.54, 1.807) is 18.2 Å². The minimum atomic E-state index is -4.39. The maximum Gasteiger partial charge on any atom is 0.416 e. The van der Waals surface area contributed by atoms with E-state index < -0.39 is 17.7 Å². The second-order valence-corrected chi connectivity index (χ2v) is 5.09. The number of carboxylic acid groups (broad SMARTS) is 1. The van der Waals surface area contributed by atoms with Gasteiger partial charge in [-0.15, -0.1) is 0 Å². The van der Waals surface area contributed by atoms with Gasteiger partial charge in [0.2, 0.25) is 0 Å². The number of aromatic nitrogens is 1. The summed E-state index contributed by atoms with van der Waals surface area (Å²) < 4.78 is 43.0. The van der Waals surface area contributed by atoms with Crippen LogP contribution in [0.3, 0.4) is 0 Å². The molecule has 0 fully saturated rings. The van der Waals surface area contributed by atoms with Crippen LogP contribution in [0.2, 0.25) is 0 Å². The molecular weight excluding hydrogens is 325 g/mol. The van der Waals surface area contributed by atoms with Crippen molar-refractivity contribution >= 4 is 28.8 Å². The van der Waals surface area contributed by atoms with Crippen LogP contribution >= 0.6 is 0 Å². The number of carboxylic acids is 1. The molecule has 1 aromatic heterocycles. The topological polar surface area (TPSA) is 75.4 Å². The first-order valence-electron chi connectivity index (χ1n) is 6.87. The summed E-state index contributed by atoms with van der Waals surface area (Å²) in [4.78, 5) is 14.9. The molecule has 0 atom stereocenters. The van der Waals surface area contributed by atoms with Crippen molar-refractivity contribution in [3.63, 3.8) is 0 Å². The molecule has 0 saturated carbocycles. The van der Waals surface area contributed by atoms with Gasteiger partial charge in [0.25, 0.3) is 6.01 Å². The van der Waals surface area contributed by atoms with Gasteiger partial charge in [-0.2, -0.15) is 18.2 Å². The van der Waals surface area contributed by atoms with Crippen molar-refractivity contribution in [2.24, 2.45) is 0 Å². The maximum absolute atomic E-state index is 12.5. The number of nitrogens with one attached hydrogen (secondary N) is 1. The quantitative estimate of drug-likeness (QED) is 0.746. The maximum atomic E-state index is 12.5. The number of aliphatic carboxylic acids is 1. The molecule has 0 aliphatic rings. The predicted molar refractivity (Wildman–Crippen MR) is 80.1 cm³/mol. The first-order valence-corrected chi connectivity index (χ1v) is 6.87. The van der Waals surface area contributed by atoms with Gasteiger partial charge < -0.3 is 14.8 Å². The molecule has 0 aliphatic carbocycles. The molecule has 0 saturated heterocycles. The van der Waals surface area contributed by atoms with Gasteiger partial charge in [0.1, 0.15) is 5.52 Å². The van der Waals surface area contributed by atoms with Crippen LogP contribution < -0.4 is 5.32 Å². The van der Waals surface area contributed by atoms with Gasteiger partial charge in [-0.3, -0.25) is 4.79 Å². The first-order chi connectivity index (χ1) is 11.3. The van der Waals surface area contributed by atoms with E-state index in [4.69, 9.17) is 9.52 Å². The molecule has 0 radical (unpaired) electrons. The predicted octanol–water partition coefficient (Wildman–Crippen LogP) is 4.22. The van der Waals surface area contributed by atoms with E-state index in [0.29, 0.717) is 22.4 Å². The third-order valence-electron chi connectivity index (χ3n) is 3.27. The van der Waals surface area contributed by atoms with Crippen molar-refractivity contribution in [3.05, 3.63) is 53.6 Å². The second-order valence-electron chi connectivity index (χ2n) is 5.09. The van der Waals surface area contributed by atoms with Crippen LogP contribution in [0.4, 0.5) is 24.9 Å². The van der Waals surface area contributed by atoms with E-state index in [1.165, 1.54) is 12.1 Å². The number of hydrogen-bond acceptors (Lipinski definition) is 4. The molecule has 24 heavy (non-hydrogen) atoms. The van der Waals surface area contributed by atoms with Crippen molar-refractivity contribution in [2.45, 2.75) is 12.6 Å². The van der Waals surface area contributed by atoms with E-state index in [-0.39, 0.29) is 12.4 Å². The van der Waals surface area contributed by atoms with E-state index in [9.17, 15) is 18.0 Å². The molecule has 0 aliphatic heterocycles. The lowest BCUT2D eigenvalue weighted by Crippen LogP contribution is -2.04. The van der Waals surface area contributed by atoms with E-state index in [2.05, 4.69) is 10.3 Å². The molecule has 8 heteroatoms. The molecule has 3 aromatic rings. The number of anilines is 2. The Morgan fingerprint density at radius 2 is 1.88 bits per heavy atom. The fourth-order valence-corrected chi connectivity index (χ4v) is 2.17. The zero-order chi connectivity index (χ0) is 17.3. The second kappa shape index (κ2) is 5.88. The van der Waals surface area contributed by atoms with Gasteiger partial charge in [0.15, 0.2) is 5.58 Å². The minimum Gasteiger partial charge on any atom is -0.481 e. The normalized spacial score (nSPS) is 11.6. The van der Waals surface area contributed by atoms with Crippen molar-refractivity contribution < 1.29 is 27.5 Å². The van der Waals surface area contributed by atoms with E-state index in [1.807, 2.05) is 0 Å². The molecule has 3 rings (SSSR count). The standard InChI is InChI=1S/C16H11F3N2O3/c17-16(18,19)10-2-4-11(5-3-10)20-15-21-12-6-1-9(8-14(22)23)7-13(12)24-15/h1-7H,8H2,(H,20,21)(H,22,23). The highest BCUT2D eigenvalue weighted by molar-refractivity contribution is 5.78. The third-order valence-corrected chi connectivity index (χ3v) is 3.27. The number of fused-ring (bicyclic) bond motifs is 1. The summed E-state index contributed by atoms with van der Waals surface area (Å²) in [6, 6.07) is 9.37. The van der Waals surface area contributed by atoms with Gasteiger partial charge in [-0.1, -0.05) is 6.07 Å². The molecule has 5 nitrogen and oxygen atoms in total. The lowest BCUT2D eigenvalue weighted by atomic mass is 10.1. The van der Waals surface area contributed by atoms with Gasteiger partial charge >= 0.3 is 12.1 Å². The Morgan fingerprint density at radius 1 is 1.17 bits per heavy atom. The highest BCUT2D eigenvalue weighted by Crippen LogP contribution is 2.30. The summed E-state index contributed by atoms with van der Waals surface area (Å²) in [5.41, 5.74) is 1.11. The summed E-state index contributed by atoms with van der Waals surface area (Å²) in [6.07, 6.45) is -4.53. The summed E-state index contributed by atoms with van der Waals surface area (Å²) in [5, 5.41) is 11.6. The first kappa shape index (κ1) is 15.9. The van der Waals surface area contributed by atoms with Crippen LogP contribution in [0, 0.1) is 0 Å². The van der Waals surface area contributed by atoms with E-state index in [0.717, 1.165) is 12.1 Å². The van der Waals surface area contributed by atoms with Crippen molar-refractivity contribution in [1.82, 2.24) is 4.98 Å². The Labute approximate surface area is 133 Å². The number of carbonyl (C=O) groups is 1. The zero-order valence-electron chi connectivity index (χ0n) is 12.1. The molecule has 2 aromatic carbocycles. The third kappa shape index (κ3) is 3.48. The number of hydrogen-bond donors (Lipinski definition) is 2. The smallest absolute Gasteiger partial charge is 0.416 e. The van der Waals surface area contributed by atoms with Crippen molar-refractivity contribution in [1.29, 1.82) is 0 Å². The molecular formula is C16H11F3N2O3. The average Bonchev–Trinajstić information content (AvgIpc) is 2.87. The van der Waals surface area contributed by atoms with Crippen LogP contribution in [0.25, 0.3) is 11.1 Å². The fraction of sp³-hybridized carbons (Fsp3) is 0.125. The van der Waals surface area contributed by atoms with E-state index >= 15 is 0 Å². The molecule has 124 valence electrons. The monoisotopic (exact) mass is 336 g/mol. The Kier molecular flexibility index (Phi) is 3.88. The Balaban J connectivity index is 1.81. The van der Waals surface area contributed by atoms with Crippen LogP contribution in [0.5, 0.6) is 0 Å². The van der Waals surface area contributed by atoms with Crippen LogP contribution in [0.15, 0.2) is 46.9 Å². The largest absolute Gasteiger partial charge is 0.481 e. The number of halogens is 3. The SMILES string of the molecule is O=C(O)Cc1ccc2nc(Nc3ccc(C(F)(F)F)cc3)oc2c1. The lowest BCUT2D eigenvalue weighted by Gasteiger charge is -2.07. The fourth-order valence-electron chi connectivity index (χ4n) is 2.17. The molecule has 0 unspecified atom stereocenters. The summed E-state index contributed by atoms with van der Waals surface area (Å²) >= 11 is 0. The Hall–Kier alpha value is -3.03. The average molecular weight is 336 g/mol. The molecule has 0 bridgehead atoms. The number of alkyl halides is 3. The number of oxazole rings is 1. The highest BCUT2D eigenvalue weighted by atomic mass is 19.4. The lowest BCUT2D eigenvalue weighted by molar-refractivity contribution is -0.138. The number of nitrogens with zero attached hydrogens (tertiary/aromatic N) is 1. The van der Waals surface area contributed by atoms with Crippen LogP contribution in [-0.4, -0.2) is 16.1 Å². The van der Waals surface area contributed by atoms with Gasteiger partial charge in [0.05, 0.1) is 12.0 Å². The summed E-state index contributed by atoms with van der Waals surface area (Å²) in [5.74, 6) is -0.961. The van der Waals surface area contributed by atoms with Gasteiger partial charge in [0, 0.05) is 5.69 Å².